The molecule has 0 unspecified atom stereocenters. The van der Waals surface area contributed by atoms with Gasteiger partial charge in [-0.05, 0) is 48.3 Å². The number of aryl methyl sites for hydroxylation is 3. The van der Waals surface area contributed by atoms with Crippen molar-refractivity contribution < 1.29 is 9.31 Å². The van der Waals surface area contributed by atoms with E-state index in [9.17, 15) is 0 Å². The number of nitrogens with zero attached hydrogens (tertiary/aromatic N) is 1. The van der Waals surface area contributed by atoms with Gasteiger partial charge in [0, 0.05) is 17.2 Å². The van der Waals surface area contributed by atoms with Crippen LogP contribution in [0.3, 0.4) is 0 Å². The first kappa shape index (κ1) is 19.7. The van der Waals surface area contributed by atoms with Crippen molar-refractivity contribution in [1.82, 2.24) is 0 Å². The molecule has 2 aromatic rings. The summed E-state index contributed by atoms with van der Waals surface area (Å²) in [4.78, 5) is 0. The Hall–Kier alpha value is -2.09. The molecule has 27 heavy (non-hydrogen) atoms. The van der Waals surface area contributed by atoms with Crippen LogP contribution in [-0.2, 0) is 10.8 Å². The Bertz CT molecular complexity index is 898. The highest BCUT2D eigenvalue weighted by atomic mass is 16.5. The molecule has 3 rings (SSSR count). The normalized spacial score (nSPS) is 15.8. The Morgan fingerprint density at radius 1 is 0.852 bits per heavy atom. The van der Waals surface area contributed by atoms with Crippen LogP contribution in [0.15, 0.2) is 24.3 Å². The molecular formula is C25H34NO+. The zero-order chi connectivity index (χ0) is 20.1. The highest BCUT2D eigenvalue weighted by Gasteiger charge is 2.35. The lowest BCUT2D eigenvalue weighted by molar-refractivity contribution is -0.452. The first-order valence-electron chi connectivity index (χ1n) is 9.89. The summed E-state index contributed by atoms with van der Waals surface area (Å²) in [6.45, 7) is 20.7. The van der Waals surface area contributed by atoms with Gasteiger partial charge in [-0.25, -0.2) is 0 Å². The average Bonchev–Trinajstić information content (AvgIpc) is 2.91. The second kappa shape index (κ2) is 6.51. The summed E-state index contributed by atoms with van der Waals surface area (Å²) in [5.74, 6) is 1.04. The van der Waals surface area contributed by atoms with Gasteiger partial charge in [0.05, 0.1) is 0 Å². The smallest absolute Gasteiger partial charge is 0.293 e. The first-order chi connectivity index (χ1) is 12.4. The lowest BCUT2D eigenvalue weighted by Gasteiger charge is -2.25. The highest BCUT2D eigenvalue weighted by Crippen LogP contribution is 2.44. The Morgan fingerprint density at radius 3 is 1.96 bits per heavy atom. The molecule has 0 saturated carbocycles. The van der Waals surface area contributed by atoms with Crippen LogP contribution < -0.4 is 4.74 Å². The minimum atomic E-state index is 0.0387. The van der Waals surface area contributed by atoms with E-state index in [4.69, 9.17) is 4.74 Å². The Morgan fingerprint density at radius 2 is 1.44 bits per heavy atom. The summed E-state index contributed by atoms with van der Waals surface area (Å²) in [5, 5.41) is 0. The van der Waals surface area contributed by atoms with Crippen LogP contribution >= 0.6 is 0 Å². The van der Waals surface area contributed by atoms with Crippen LogP contribution in [0, 0.1) is 20.8 Å². The standard InChI is InChI=1S/C25H34NO/c1-16-10-17(2)20(18(3)11-16)14-26-15-27-23-21(25(7,8)9)12-19(13-22(23)26)24(4,5)6/h10-14H,15H2,1-9H3/q+1/b26-14-. The number of hydrogen-bond donors (Lipinski definition) is 0. The van der Waals surface area contributed by atoms with E-state index in [2.05, 4.69) is 97.4 Å². The molecule has 0 radical (unpaired) electrons. The van der Waals surface area contributed by atoms with E-state index in [1.54, 1.807) is 0 Å². The van der Waals surface area contributed by atoms with E-state index < -0.39 is 0 Å². The van der Waals surface area contributed by atoms with Gasteiger partial charge in [-0.2, -0.15) is 4.58 Å². The van der Waals surface area contributed by atoms with Crippen LogP contribution in [0.1, 0.15) is 74.9 Å². The fourth-order valence-corrected chi connectivity index (χ4v) is 3.83. The fraction of sp³-hybridized carbons (Fsp3) is 0.480. The zero-order valence-electron chi connectivity index (χ0n) is 18.4. The molecule has 2 aromatic carbocycles. The van der Waals surface area contributed by atoms with E-state index in [0.717, 1.165) is 5.75 Å². The molecule has 1 aliphatic rings. The van der Waals surface area contributed by atoms with Crippen molar-refractivity contribution in [3.05, 3.63) is 57.6 Å². The summed E-state index contributed by atoms with van der Waals surface area (Å²) in [7, 11) is 0. The van der Waals surface area contributed by atoms with Gasteiger partial charge in [0.25, 0.3) is 12.4 Å². The molecule has 1 aliphatic heterocycles. The molecule has 2 nitrogen and oxygen atoms in total. The molecule has 0 spiro atoms. The van der Waals surface area contributed by atoms with E-state index in [0.29, 0.717) is 6.73 Å². The zero-order valence-corrected chi connectivity index (χ0v) is 18.4. The molecular weight excluding hydrogens is 330 g/mol. The lowest BCUT2D eigenvalue weighted by Crippen LogP contribution is -2.17. The summed E-state index contributed by atoms with van der Waals surface area (Å²) in [6.07, 6.45) is 2.26. The third-order valence-corrected chi connectivity index (χ3v) is 5.42. The predicted molar refractivity (Wildman–Crippen MR) is 115 cm³/mol. The van der Waals surface area contributed by atoms with Gasteiger partial charge in [-0.15, -0.1) is 0 Å². The second-order valence-corrected chi connectivity index (χ2v) is 10.1. The summed E-state index contributed by atoms with van der Waals surface area (Å²) >= 11 is 0. The van der Waals surface area contributed by atoms with Crippen molar-refractivity contribution in [3.8, 4) is 5.75 Å². The number of benzene rings is 2. The monoisotopic (exact) mass is 364 g/mol. The van der Waals surface area contributed by atoms with Crippen molar-refractivity contribution in [2.24, 2.45) is 0 Å². The van der Waals surface area contributed by atoms with Crippen molar-refractivity contribution >= 4 is 11.9 Å². The van der Waals surface area contributed by atoms with Crippen molar-refractivity contribution in [1.29, 1.82) is 0 Å². The quantitative estimate of drug-likeness (QED) is 0.539. The van der Waals surface area contributed by atoms with Crippen molar-refractivity contribution in [2.75, 3.05) is 6.73 Å². The molecule has 0 bridgehead atoms. The van der Waals surface area contributed by atoms with E-state index in [-0.39, 0.29) is 10.8 Å². The van der Waals surface area contributed by atoms with Crippen LogP contribution in [0.2, 0.25) is 0 Å². The summed E-state index contributed by atoms with van der Waals surface area (Å²) in [5.41, 5.74) is 9.18. The average molecular weight is 365 g/mol. The largest absolute Gasteiger partial charge is 0.429 e. The third kappa shape index (κ3) is 3.81. The van der Waals surface area contributed by atoms with E-state index in [1.165, 1.54) is 39.1 Å². The number of hydrogen-bond acceptors (Lipinski definition) is 1. The molecule has 0 fully saturated rings. The maximum Gasteiger partial charge on any atom is 0.293 e. The molecule has 1 heterocycles. The number of ether oxygens (including phenoxy) is 1. The molecule has 0 N–H and O–H groups in total. The van der Waals surface area contributed by atoms with Crippen molar-refractivity contribution in [3.63, 3.8) is 0 Å². The molecule has 0 atom stereocenters. The molecule has 0 aliphatic carbocycles. The van der Waals surface area contributed by atoms with Gasteiger partial charge in [-0.3, -0.25) is 0 Å². The van der Waals surface area contributed by atoms with Gasteiger partial charge < -0.3 is 4.74 Å². The molecule has 144 valence electrons. The number of rotatable bonds is 1. The van der Waals surface area contributed by atoms with Gasteiger partial charge >= 0.3 is 0 Å². The molecule has 0 saturated heterocycles. The van der Waals surface area contributed by atoms with Crippen LogP contribution in [0.4, 0.5) is 5.69 Å². The number of fused-ring (bicyclic) bond motifs is 1. The van der Waals surface area contributed by atoms with Crippen LogP contribution in [-0.4, -0.2) is 17.5 Å². The molecule has 0 amide bonds. The summed E-state index contributed by atoms with van der Waals surface area (Å²) < 4.78 is 8.48. The predicted octanol–water partition coefficient (Wildman–Crippen LogP) is 6.32. The minimum absolute atomic E-state index is 0.0387. The molecule has 2 heteroatoms. The van der Waals surface area contributed by atoms with Crippen LogP contribution in [0.5, 0.6) is 5.75 Å². The van der Waals surface area contributed by atoms with E-state index in [1.807, 2.05) is 0 Å². The highest BCUT2D eigenvalue weighted by molar-refractivity contribution is 5.82. The lowest BCUT2D eigenvalue weighted by atomic mass is 9.80. The van der Waals surface area contributed by atoms with Gasteiger partial charge in [0.15, 0.2) is 6.21 Å². The first-order valence-corrected chi connectivity index (χ1v) is 9.89. The minimum Gasteiger partial charge on any atom is -0.429 e. The summed E-state index contributed by atoms with van der Waals surface area (Å²) in [6, 6.07) is 9.16. The Labute approximate surface area is 164 Å². The topological polar surface area (TPSA) is 12.2 Å². The second-order valence-electron chi connectivity index (χ2n) is 10.1. The maximum absolute atomic E-state index is 6.21. The fourth-order valence-electron chi connectivity index (χ4n) is 3.83. The van der Waals surface area contributed by atoms with Gasteiger partial charge in [0.2, 0.25) is 5.75 Å². The third-order valence-electron chi connectivity index (χ3n) is 5.42. The maximum atomic E-state index is 6.21. The SMILES string of the molecule is Cc1cc(C)c(/C=[N+]2/COc3c2cc(C(C)(C)C)cc3C(C)(C)C)c(C)c1. The van der Waals surface area contributed by atoms with Crippen molar-refractivity contribution in [2.45, 2.75) is 73.1 Å². The Balaban J connectivity index is 2.22. The van der Waals surface area contributed by atoms with Gasteiger partial charge in [0.1, 0.15) is 0 Å². The molecule has 0 aromatic heterocycles. The Kier molecular flexibility index (Phi) is 4.74. The van der Waals surface area contributed by atoms with Crippen LogP contribution in [0.25, 0.3) is 0 Å². The van der Waals surface area contributed by atoms with E-state index >= 15 is 0 Å². The van der Waals surface area contributed by atoms with Gasteiger partial charge in [-0.1, -0.05) is 65.3 Å².